The highest BCUT2D eigenvalue weighted by Crippen LogP contribution is 2.17. The molecule has 80 valence electrons. The van der Waals surface area contributed by atoms with Crippen molar-refractivity contribution in [3.63, 3.8) is 0 Å². The van der Waals surface area contributed by atoms with Gasteiger partial charge >= 0.3 is 5.91 Å². The minimum Gasteiger partial charge on any atom is -0.381 e. The lowest BCUT2D eigenvalue weighted by atomic mass is 10.4. The van der Waals surface area contributed by atoms with E-state index in [0.29, 0.717) is 0 Å². The fourth-order valence-electron chi connectivity index (χ4n) is 0.746. The van der Waals surface area contributed by atoms with Crippen molar-refractivity contribution in [2.75, 3.05) is 11.5 Å². The summed E-state index contributed by atoms with van der Waals surface area (Å²) in [4.78, 5) is 21.7. The molecule has 15 heavy (non-hydrogen) atoms. The van der Waals surface area contributed by atoms with Crippen LogP contribution in [-0.4, -0.2) is 21.8 Å². The fraction of sp³-hybridized carbons (Fsp3) is 0. The molecule has 9 heteroatoms. The van der Waals surface area contributed by atoms with Crippen molar-refractivity contribution in [3.8, 4) is 0 Å². The SMILES string of the molecule is NC(N)=NC(=O)c1nc(N)c(N)nc1Cl. The Morgan fingerprint density at radius 2 is 1.73 bits per heavy atom. The number of hydrogen-bond donors (Lipinski definition) is 4. The lowest BCUT2D eigenvalue weighted by Gasteiger charge is -2.02. The number of guanidine groups is 1. The second-order valence-corrected chi connectivity index (χ2v) is 2.83. The highest BCUT2D eigenvalue weighted by Gasteiger charge is 2.15. The van der Waals surface area contributed by atoms with Crippen LogP contribution >= 0.6 is 11.6 Å². The Morgan fingerprint density at radius 1 is 1.20 bits per heavy atom. The van der Waals surface area contributed by atoms with Gasteiger partial charge in [0.2, 0.25) is 0 Å². The molecule has 0 aliphatic heterocycles. The van der Waals surface area contributed by atoms with Crippen molar-refractivity contribution in [2.24, 2.45) is 16.5 Å². The number of carbonyl (C=O) groups excluding carboxylic acids is 1. The summed E-state index contributed by atoms with van der Waals surface area (Å²) in [5, 5.41) is -0.211. The average molecular weight is 230 g/mol. The molecule has 1 amide bonds. The maximum atomic E-state index is 11.3. The van der Waals surface area contributed by atoms with Crippen LogP contribution in [0, 0.1) is 0 Å². The topological polar surface area (TPSA) is 159 Å². The third-order valence-electron chi connectivity index (χ3n) is 1.34. The third-order valence-corrected chi connectivity index (χ3v) is 1.61. The molecule has 8 nitrogen and oxygen atoms in total. The number of hydrogen-bond acceptors (Lipinski definition) is 5. The Kier molecular flexibility index (Phi) is 2.90. The smallest absolute Gasteiger partial charge is 0.302 e. The van der Waals surface area contributed by atoms with Crippen LogP contribution in [0.4, 0.5) is 11.6 Å². The summed E-state index contributed by atoms with van der Waals surface area (Å²) >= 11 is 5.60. The van der Waals surface area contributed by atoms with Gasteiger partial charge in [0.25, 0.3) is 0 Å². The van der Waals surface area contributed by atoms with Gasteiger partial charge in [-0.05, 0) is 0 Å². The lowest BCUT2D eigenvalue weighted by molar-refractivity contribution is 0.0998. The van der Waals surface area contributed by atoms with E-state index in [2.05, 4.69) is 15.0 Å². The van der Waals surface area contributed by atoms with Crippen LogP contribution in [0.15, 0.2) is 4.99 Å². The summed E-state index contributed by atoms with van der Waals surface area (Å²) in [5.74, 6) is -1.43. The number of halogens is 1. The van der Waals surface area contributed by atoms with Gasteiger partial charge in [0.05, 0.1) is 0 Å². The molecule has 8 N–H and O–H groups in total. The molecule has 0 aromatic carbocycles. The fourth-order valence-corrected chi connectivity index (χ4v) is 0.960. The van der Waals surface area contributed by atoms with Crippen LogP contribution in [0.3, 0.4) is 0 Å². The quantitative estimate of drug-likeness (QED) is 0.344. The summed E-state index contributed by atoms with van der Waals surface area (Å²) in [6, 6.07) is 0. The molecule has 0 spiro atoms. The van der Waals surface area contributed by atoms with E-state index in [4.69, 9.17) is 34.5 Å². The van der Waals surface area contributed by atoms with E-state index in [-0.39, 0.29) is 22.5 Å². The summed E-state index contributed by atoms with van der Waals surface area (Å²) < 4.78 is 0. The van der Waals surface area contributed by atoms with Crippen LogP contribution < -0.4 is 22.9 Å². The van der Waals surface area contributed by atoms with E-state index < -0.39 is 11.9 Å². The molecule has 0 saturated carbocycles. The largest absolute Gasteiger partial charge is 0.381 e. The van der Waals surface area contributed by atoms with Gasteiger partial charge in [-0.25, -0.2) is 9.97 Å². The van der Waals surface area contributed by atoms with Crippen LogP contribution in [0.25, 0.3) is 0 Å². The van der Waals surface area contributed by atoms with Crippen molar-refractivity contribution in [2.45, 2.75) is 0 Å². The molecule has 0 saturated heterocycles. The van der Waals surface area contributed by atoms with Gasteiger partial charge in [0.15, 0.2) is 28.4 Å². The molecule has 1 rings (SSSR count). The molecular weight excluding hydrogens is 222 g/mol. The van der Waals surface area contributed by atoms with Crippen molar-refractivity contribution < 1.29 is 4.79 Å². The van der Waals surface area contributed by atoms with E-state index in [9.17, 15) is 4.79 Å². The Morgan fingerprint density at radius 3 is 2.27 bits per heavy atom. The van der Waals surface area contributed by atoms with E-state index in [1.807, 2.05) is 0 Å². The Hall–Kier alpha value is -2.09. The summed E-state index contributed by atoms with van der Waals surface area (Å²) in [7, 11) is 0. The highest BCUT2D eigenvalue weighted by molar-refractivity contribution is 6.32. The molecule has 0 radical (unpaired) electrons. The second-order valence-electron chi connectivity index (χ2n) is 2.48. The number of anilines is 2. The number of nitrogens with two attached hydrogens (primary N) is 4. The summed E-state index contributed by atoms with van der Waals surface area (Å²) in [6.07, 6.45) is 0. The number of carbonyl (C=O) groups is 1. The molecule has 0 aliphatic rings. The first-order valence-electron chi connectivity index (χ1n) is 3.64. The number of aromatic nitrogens is 2. The predicted molar refractivity (Wildman–Crippen MR) is 56.0 cm³/mol. The van der Waals surface area contributed by atoms with E-state index in [0.717, 1.165) is 0 Å². The molecule has 0 bridgehead atoms. The van der Waals surface area contributed by atoms with Crippen LogP contribution in [0.1, 0.15) is 10.5 Å². The van der Waals surface area contributed by atoms with Gasteiger partial charge in [-0.1, -0.05) is 11.6 Å². The summed E-state index contributed by atoms with van der Waals surface area (Å²) in [5.41, 5.74) is 20.4. The maximum absolute atomic E-state index is 11.3. The van der Waals surface area contributed by atoms with Gasteiger partial charge in [0, 0.05) is 0 Å². The zero-order valence-corrected chi connectivity index (χ0v) is 8.19. The van der Waals surface area contributed by atoms with Gasteiger partial charge < -0.3 is 22.9 Å². The lowest BCUT2D eigenvalue weighted by Crippen LogP contribution is -2.24. The van der Waals surface area contributed by atoms with Crippen molar-refractivity contribution in [1.29, 1.82) is 0 Å². The third kappa shape index (κ3) is 2.44. The van der Waals surface area contributed by atoms with Crippen LogP contribution in [0.2, 0.25) is 5.15 Å². The molecular formula is C6H8ClN7O. The first-order valence-corrected chi connectivity index (χ1v) is 4.02. The van der Waals surface area contributed by atoms with E-state index in [1.54, 1.807) is 0 Å². The molecule has 0 aliphatic carbocycles. The Labute approximate surface area is 89.3 Å². The first kappa shape index (κ1) is 11.0. The van der Waals surface area contributed by atoms with Gasteiger partial charge in [-0.2, -0.15) is 4.99 Å². The van der Waals surface area contributed by atoms with E-state index in [1.165, 1.54) is 0 Å². The second kappa shape index (κ2) is 3.96. The normalized spacial score (nSPS) is 9.67. The standard InChI is InChI=1S/C6H8ClN7O/c7-2-1(5(15)14-6(10)11)12-3(8)4(9)13-2/h(H2,8,12)(H2,9,13)(H4,10,11,14,15). The van der Waals surface area contributed by atoms with E-state index >= 15 is 0 Å². The Balaban J connectivity index is 3.21. The number of nitrogens with zero attached hydrogens (tertiary/aromatic N) is 3. The van der Waals surface area contributed by atoms with Gasteiger partial charge in [-0.15, -0.1) is 0 Å². The van der Waals surface area contributed by atoms with Crippen molar-refractivity contribution in [3.05, 3.63) is 10.8 Å². The molecule has 1 aromatic heterocycles. The number of amides is 1. The summed E-state index contributed by atoms with van der Waals surface area (Å²) in [6.45, 7) is 0. The minimum absolute atomic E-state index is 0.0683. The van der Waals surface area contributed by atoms with Gasteiger partial charge in [0.1, 0.15) is 0 Å². The molecule has 0 fully saturated rings. The molecule has 0 atom stereocenters. The van der Waals surface area contributed by atoms with Crippen molar-refractivity contribution in [1.82, 2.24) is 9.97 Å². The predicted octanol–water partition coefficient (Wildman–Crippen LogP) is -1.29. The molecule has 0 unspecified atom stereocenters. The zero-order valence-electron chi connectivity index (χ0n) is 7.44. The first-order chi connectivity index (χ1) is 6.91. The maximum Gasteiger partial charge on any atom is 0.302 e. The zero-order chi connectivity index (χ0) is 11.6. The number of nitrogen functional groups attached to an aromatic ring is 2. The monoisotopic (exact) mass is 229 g/mol. The number of rotatable bonds is 1. The van der Waals surface area contributed by atoms with Crippen LogP contribution in [-0.2, 0) is 0 Å². The van der Waals surface area contributed by atoms with Crippen LogP contribution in [0.5, 0.6) is 0 Å². The average Bonchev–Trinajstić information content (AvgIpc) is 2.09. The van der Waals surface area contributed by atoms with Gasteiger partial charge in [-0.3, -0.25) is 4.79 Å². The number of aliphatic imine (C=N–C) groups is 1. The highest BCUT2D eigenvalue weighted by atomic mass is 35.5. The minimum atomic E-state index is -0.834. The molecule has 1 aromatic rings. The Bertz CT molecular complexity index is 439. The van der Waals surface area contributed by atoms with Crippen molar-refractivity contribution >= 4 is 35.1 Å². The molecule has 1 heterocycles.